The molecule has 0 saturated carbocycles. The number of nitrogen functional groups attached to an aromatic ring is 1. The summed E-state index contributed by atoms with van der Waals surface area (Å²) in [5.74, 6) is -0.128. The molecule has 1 unspecified atom stereocenters. The third-order valence-electron chi connectivity index (χ3n) is 2.85. The molecule has 0 aromatic carbocycles. The van der Waals surface area contributed by atoms with Crippen molar-refractivity contribution in [3.8, 4) is 0 Å². The number of carbonyl (C=O) groups is 1. The largest absolute Gasteiger partial charge is 0.397 e. The number of pyridine rings is 1. The van der Waals surface area contributed by atoms with E-state index in [9.17, 15) is 4.79 Å². The van der Waals surface area contributed by atoms with Crippen LogP contribution in [-0.4, -0.2) is 17.4 Å². The van der Waals surface area contributed by atoms with Crippen LogP contribution in [-0.2, 0) is 0 Å². The second kappa shape index (κ2) is 6.38. The van der Waals surface area contributed by atoms with E-state index in [-0.39, 0.29) is 11.9 Å². The summed E-state index contributed by atoms with van der Waals surface area (Å²) in [5, 5.41) is 6.96. The van der Waals surface area contributed by atoms with Gasteiger partial charge in [-0.25, -0.2) is 0 Å². The highest BCUT2D eigenvalue weighted by Crippen LogP contribution is 2.31. The molecule has 0 aliphatic carbocycles. The summed E-state index contributed by atoms with van der Waals surface area (Å²) in [4.78, 5) is 16.5. The van der Waals surface area contributed by atoms with Gasteiger partial charge >= 0.3 is 0 Å². The summed E-state index contributed by atoms with van der Waals surface area (Å²) >= 11 is 1.36. The predicted molar refractivity (Wildman–Crippen MR) is 83.0 cm³/mol. The van der Waals surface area contributed by atoms with Crippen molar-refractivity contribution in [2.75, 3.05) is 17.6 Å². The lowest BCUT2D eigenvalue weighted by molar-refractivity contribution is 0.0960. The van der Waals surface area contributed by atoms with Gasteiger partial charge in [0, 0.05) is 18.9 Å². The summed E-state index contributed by atoms with van der Waals surface area (Å²) < 4.78 is 0. The van der Waals surface area contributed by atoms with Crippen molar-refractivity contribution in [3.63, 3.8) is 0 Å². The molecule has 4 N–H and O–H groups in total. The zero-order valence-electron chi connectivity index (χ0n) is 11.5. The normalized spacial score (nSPS) is 11.9. The van der Waals surface area contributed by atoms with Gasteiger partial charge in [-0.2, -0.15) is 0 Å². The van der Waals surface area contributed by atoms with Crippen molar-refractivity contribution in [3.05, 3.63) is 41.0 Å². The average Bonchev–Trinajstić information content (AvgIpc) is 2.81. The maximum atomic E-state index is 11.8. The first-order valence-electron chi connectivity index (χ1n) is 6.45. The van der Waals surface area contributed by atoms with E-state index in [1.807, 2.05) is 32.2 Å². The molecule has 5 nitrogen and oxygen atoms in total. The standard InChI is InChI=1S/C14H18N4OS/c1-3-17-14(19)13-11(15)7-12(20-13)18-9(2)10-5-4-6-16-8-10/h4-9,18H,3,15H2,1-2H3,(H,17,19). The van der Waals surface area contributed by atoms with Crippen LogP contribution in [0.2, 0.25) is 0 Å². The molecular weight excluding hydrogens is 272 g/mol. The van der Waals surface area contributed by atoms with Crippen LogP contribution in [0.15, 0.2) is 30.6 Å². The molecule has 2 heterocycles. The van der Waals surface area contributed by atoms with E-state index in [0.29, 0.717) is 17.1 Å². The Kier molecular flexibility index (Phi) is 4.57. The molecule has 2 aromatic rings. The number of amides is 1. The fourth-order valence-corrected chi connectivity index (χ4v) is 2.81. The quantitative estimate of drug-likeness (QED) is 0.791. The SMILES string of the molecule is CCNC(=O)c1sc(NC(C)c2cccnc2)cc1N. The van der Waals surface area contributed by atoms with Crippen LogP contribution < -0.4 is 16.4 Å². The maximum Gasteiger partial charge on any atom is 0.263 e. The lowest BCUT2D eigenvalue weighted by atomic mass is 10.1. The summed E-state index contributed by atoms with van der Waals surface area (Å²) in [6.07, 6.45) is 3.56. The molecule has 0 radical (unpaired) electrons. The Bertz CT molecular complexity index is 582. The smallest absolute Gasteiger partial charge is 0.263 e. The lowest BCUT2D eigenvalue weighted by Gasteiger charge is -2.13. The number of carbonyl (C=O) groups excluding carboxylic acids is 1. The van der Waals surface area contributed by atoms with Crippen molar-refractivity contribution in [2.45, 2.75) is 19.9 Å². The Balaban J connectivity index is 2.11. The highest BCUT2D eigenvalue weighted by atomic mass is 32.1. The van der Waals surface area contributed by atoms with Gasteiger partial charge in [0.15, 0.2) is 0 Å². The van der Waals surface area contributed by atoms with E-state index in [0.717, 1.165) is 10.6 Å². The Morgan fingerprint density at radius 3 is 3.00 bits per heavy atom. The predicted octanol–water partition coefficient (Wildman–Crippen LogP) is 2.65. The van der Waals surface area contributed by atoms with E-state index in [4.69, 9.17) is 5.73 Å². The first-order valence-corrected chi connectivity index (χ1v) is 7.27. The van der Waals surface area contributed by atoms with Gasteiger partial charge in [-0.1, -0.05) is 6.07 Å². The molecule has 1 amide bonds. The van der Waals surface area contributed by atoms with Gasteiger partial charge in [-0.15, -0.1) is 11.3 Å². The molecule has 20 heavy (non-hydrogen) atoms. The van der Waals surface area contributed by atoms with E-state index in [1.165, 1.54) is 11.3 Å². The zero-order chi connectivity index (χ0) is 14.5. The zero-order valence-corrected chi connectivity index (χ0v) is 12.3. The molecule has 2 aromatic heterocycles. The molecule has 106 valence electrons. The van der Waals surface area contributed by atoms with Crippen LogP contribution >= 0.6 is 11.3 Å². The van der Waals surface area contributed by atoms with E-state index < -0.39 is 0 Å². The Morgan fingerprint density at radius 1 is 1.55 bits per heavy atom. The fraction of sp³-hybridized carbons (Fsp3) is 0.286. The number of hydrogen-bond acceptors (Lipinski definition) is 5. The van der Waals surface area contributed by atoms with Gasteiger partial charge in [0.05, 0.1) is 16.7 Å². The minimum absolute atomic E-state index is 0.101. The minimum atomic E-state index is -0.128. The van der Waals surface area contributed by atoms with E-state index in [1.54, 1.807) is 12.3 Å². The molecule has 0 aliphatic heterocycles. The molecule has 0 spiro atoms. The van der Waals surface area contributed by atoms with Crippen LogP contribution in [0.3, 0.4) is 0 Å². The van der Waals surface area contributed by atoms with Crippen molar-refractivity contribution >= 4 is 27.9 Å². The number of aromatic nitrogens is 1. The molecule has 2 rings (SSSR count). The topological polar surface area (TPSA) is 80.0 Å². The van der Waals surface area contributed by atoms with E-state index in [2.05, 4.69) is 15.6 Å². The molecule has 0 saturated heterocycles. The molecule has 6 heteroatoms. The number of rotatable bonds is 5. The number of thiophene rings is 1. The molecule has 0 bridgehead atoms. The first-order chi connectivity index (χ1) is 9.61. The third-order valence-corrected chi connectivity index (χ3v) is 3.93. The fourth-order valence-electron chi connectivity index (χ4n) is 1.82. The first kappa shape index (κ1) is 14.3. The Morgan fingerprint density at radius 2 is 2.35 bits per heavy atom. The highest BCUT2D eigenvalue weighted by molar-refractivity contribution is 7.18. The van der Waals surface area contributed by atoms with Crippen molar-refractivity contribution < 1.29 is 4.79 Å². The van der Waals surface area contributed by atoms with Crippen LogP contribution in [0.4, 0.5) is 10.7 Å². The Labute approximate surface area is 122 Å². The van der Waals surface area contributed by atoms with Crippen LogP contribution in [0.25, 0.3) is 0 Å². The third kappa shape index (κ3) is 3.27. The van der Waals surface area contributed by atoms with Crippen LogP contribution in [0.5, 0.6) is 0 Å². The number of hydrogen-bond donors (Lipinski definition) is 3. The molecule has 0 fully saturated rings. The summed E-state index contributed by atoms with van der Waals surface area (Å²) in [6, 6.07) is 5.80. The number of nitrogens with one attached hydrogen (secondary N) is 2. The Hall–Kier alpha value is -2.08. The molecule has 0 aliphatic rings. The van der Waals surface area contributed by atoms with Gasteiger partial charge in [0.1, 0.15) is 4.88 Å². The number of nitrogens with two attached hydrogens (primary N) is 1. The lowest BCUT2D eigenvalue weighted by Crippen LogP contribution is -2.22. The highest BCUT2D eigenvalue weighted by Gasteiger charge is 2.15. The maximum absolute atomic E-state index is 11.8. The van der Waals surface area contributed by atoms with Gasteiger partial charge in [-0.05, 0) is 31.5 Å². The van der Waals surface area contributed by atoms with Gasteiger partial charge in [0.2, 0.25) is 0 Å². The molecule has 1 atom stereocenters. The second-order valence-electron chi connectivity index (χ2n) is 4.41. The average molecular weight is 290 g/mol. The van der Waals surface area contributed by atoms with Crippen LogP contribution in [0, 0.1) is 0 Å². The van der Waals surface area contributed by atoms with E-state index >= 15 is 0 Å². The van der Waals surface area contributed by atoms with Crippen molar-refractivity contribution in [1.82, 2.24) is 10.3 Å². The monoisotopic (exact) mass is 290 g/mol. The summed E-state index contributed by atoms with van der Waals surface area (Å²) in [7, 11) is 0. The summed E-state index contributed by atoms with van der Waals surface area (Å²) in [5.41, 5.74) is 7.47. The summed E-state index contributed by atoms with van der Waals surface area (Å²) in [6.45, 7) is 4.51. The minimum Gasteiger partial charge on any atom is -0.397 e. The van der Waals surface area contributed by atoms with Crippen molar-refractivity contribution in [2.24, 2.45) is 0 Å². The number of nitrogens with zero attached hydrogens (tertiary/aromatic N) is 1. The van der Waals surface area contributed by atoms with Crippen molar-refractivity contribution in [1.29, 1.82) is 0 Å². The second-order valence-corrected chi connectivity index (χ2v) is 5.46. The van der Waals surface area contributed by atoms with Gasteiger partial charge in [0.25, 0.3) is 5.91 Å². The number of anilines is 2. The van der Waals surface area contributed by atoms with Crippen LogP contribution in [0.1, 0.15) is 35.1 Å². The van der Waals surface area contributed by atoms with Gasteiger partial charge < -0.3 is 16.4 Å². The van der Waals surface area contributed by atoms with Gasteiger partial charge in [-0.3, -0.25) is 9.78 Å². The molecular formula is C14H18N4OS.